The lowest BCUT2D eigenvalue weighted by molar-refractivity contribution is 0.275. The summed E-state index contributed by atoms with van der Waals surface area (Å²) in [7, 11) is 0. The predicted octanol–water partition coefficient (Wildman–Crippen LogP) is 3.03. The normalized spacial score (nSPS) is 11.0. The number of para-hydroxylation sites is 1. The fourth-order valence-corrected chi connectivity index (χ4v) is 1.69. The number of anilines is 1. The van der Waals surface area contributed by atoms with Gasteiger partial charge in [-0.25, -0.2) is 4.39 Å². The zero-order valence-corrected chi connectivity index (χ0v) is 10.2. The van der Waals surface area contributed by atoms with Crippen molar-refractivity contribution in [2.75, 3.05) is 18.8 Å². The Labute approximate surface area is 97.3 Å². The van der Waals surface area contributed by atoms with Crippen LogP contribution in [-0.2, 0) is 6.54 Å². The lowest BCUT2D eigenvalue weighted by Gasteiger charge is -2.21. The number of nitrogens with zero attached hydrogens (tertiary/aromatic N) is 1. The number of nitrogens with two attached hydrogens (primary N) is 1. The standard InChI is InChI=1S/C13H21FN2/c1-3-5-9-16(4-2)10-11-7-6-8-12(14)13(11)15/h6-8H,3-5,9-10,15H2,1-2H3. The van der Waals surface area contributed by atoms with Crippen LogP contribution >= 0.6 is 0 Å². The van der Waals surface area contributed by atoms with Crippen LogP contribution in [0.15, 0.2) is 18.2 Å². The Balaban J connectivity index is 2.66. The quantitative estimate of drug-likeness (QED) is 0.753. The molecule has 0 radical (unpaired) electrons. The van der Waals surface area contributed by atoms with Gasteiger partial charge < -0.3 is 5.73 Å². The second-order valence-corrected chi connectivity index (χ2v) is 4.03. The molecule has 0 aliphatic rings. The highest BCUT2D eigenvalue weighted by Crippen LogP contribution is 2.17. The maximum atomic E-state index is 13.2. The van der Waals surface area contributed by atoms with Gasteiger partial charge in [0.2, 0.25) is 0 Å². The number of unbranched alkanes of at least 4 members (excludes halogenated alkanes) is 1. The van der Waals surface area contributed by atoms with E-state index < -0.39 is 0 Å². The Morgan fingerprint density at radius 1 is 1.31 bits per heavy atom. The Morgan fingerprint density at radius 3 is 2.69 bits per heavy atom. The number of hydrogen-bond acceptors (Lipinski definition) is 2. The smallest absolute Gasteiger partial charge is 0.146 e. The van der Waals surface area contributed by atoms with E-state index in [2.05, 4.69) is 18.7 Å². The van der Waals surface area contributed by atoms with E-state index in [1.807, 2.05) is 6.07 Å². The van der Waals surface area contributed by atoms with Crippen molar-refractivity contribution < 1.29 is 4.39 Å². The van der Waals surface area contributed by atoms with Crippen molar-refractivity contribution in [3.8, 4) is 0 Å². The third kappa shape index (κ3) is 3.49. The first-order valence-corrected chi connectivity index (χ1v) is 5.94. The molecular formula is C13H21FN2. The average Bonchev–Trinajstić information content (AvgIpc) is 2.30. The summed E-state index contributed by atoms with van der Waals surface area (Å²) in [4.78, 5) is 2.29. The van der Waals surface area contributed by atoms with Gasteiger partial charge in [0.1, 0.15) is 5.82 Å². The van der Waals surface area contributed by atoms with Gasteiger partial charge in [-0.2, -0.15) is 0 Å². The highest BCUT2D eigenvalue weighted by molar-refractivity contribution is 5.47. The van der Waals surface area contributed by atoms with Crippen LogP contribution in [0.5, 0.6) is 0 Å². The summed E-state index contributed by atoms with van der Waals surface area (Å²) >= 11 is 0. The molecule has 0 amide bonds. The molecule has 0 unspecified atom stereocenters. The van der Waals surface area contributed by atoms with E-state index >= 15 is 0 Å². The molecule has 90 valence electrons. The van der Waals surface area contributed by atoms with Crippen LogP contribution in [0.25, 0.3) is 0 Å². The first kappa shape index (κ1) is 13.0. The van der Waals surface area contributed by atoms with Crippen molar-refractivity contribution >= 4 is 5.69 Å². The zero-order chi connectivity index (χ0) is 12.0. The van der Waals surface area contributed by atoms with Gasteiger partial charge in [-0.1, -0.05) is 32.4 Å². The van der Waals surface area contributed by atoms with E-state index in [0.717, 1.165) is 25.2 Å². The molecule has 16 heavy (non-hydrogen) atoms. The summed E-state index contributed by atoms with van der Waals surface area (Å²) in [5, 5.41) is 0. The fraction of sp³-hybridized carbons (Fsp3) is 0.538. The summed E-state index contributed by atoms with van der Waals surface area (Å²) in [6.45, 7) is 7.04. The van der Waals surface area contributed by atoms with Crippen molar-refractivity contribution in [3.05, 3.63) is 29.6 Å². The lowest BCUT2D eigenvalue weighted by atomic mass is 10.1. The summed E-state index contributed by atoms with van der Waals surface area (Å²) in [6.07, 6.45) is 2.35. The molecule has 0 spiro atoms. The van der Waals surface area contributed by atoms with E-state index in [1.165, 1.54) is 18.9 Å². The first-order chi connectivity index (χ1) is 7.69. The van der Waals surface area contributed by atoms with Gasteiger partial charge in [-0.3, -0.25) is 4.90 Å². The van der Waals surface area contributed by atoms with Crippen LogP contribution in [0.2, 0.25) is 0 Å². The Morgan fingerprint density at radius 2 is 2.06 bits per heavy atom. The van der Waals surface area contributed by atoms with Crippen molar-refractivity contribution in [2.24, 2.45) is 0 Å². The van der Waals surface area contributed by atoms with Crippen LogP contribution in [0.1, 0.15) is 32.3 Å². The second kappa shape index (κ2) is 6.48. The summed E-state index contributed by atoms with van der Waals surface area (Å²) in [6, 6.07) is 5.02. The summed E-state index contributed by atoms with van der Waals surface area (Å²) < 4.78 is 13.2. The maximum absolute atomic E-state index is 13.2. The first-order valence-electron chi connectivity index (χ1n) is 5.94. The van der Waals surface area contributed by atoms with Gasteiger partial charge >= 0.3 is 0 Å². The number of halogens is 1. The molecule has 0 saturated carbocycles. The van der Waals surface area contributed by atoms with Gasteiger partial charge in [0.05, 0.1) is 5.69 Å². The monoisotopic (exact) mass is 224 g/mol. The van der Waals surface area contributed by atoms with Crippen molar-refractivity contribution in [2.45, 2.75) is 33.2 Å². The number of nitrogen functional groups attached to an aromatic ring is 1. The molecule has 0 aromatic heterocycles. The highest BCUT2D eigenvalue weighted by atomic mass is 19.1. The number of rotatable bonds is 6. The molecule has 0 fully saturated rings. The van der Waals surface area contributed by atoms with E-state index in [9.17, 15) is 4.39 Å². The van der Waals surface area contributed by atoms with E-state index in [1.54, 1.807) is 6.07 Å². The van der Waals surface area contributed by atoms with E-state index in [4.69, 9.17) is 5.73 Å². The molecule has 0 aliphatic heterocycles. The molecule has 2 N–H and O–H groups in total. The minimum atomic E-state index is -0.316. The highest BCUT2D eigenvalue weighted by Gasteiger charge is 2.08. The van der Waals surface area contributed by atoms with Crippen LogP contribution in [-0.4, -0.2) is 18.0 Å². The molecule has 1 rings (SSSR count). The number of hydrogen-bond donors (Lipinski definition) is 1. The molecular weight excluding hydrogens is 203 g/mol. The predicted molar refractivity (Wildman–Crippen MR) is 66.7 cm³/mol. The van der Waals surface area contributed by atoms with Crippen molar-refractivity contribution in [1.82, 2.24) is 4.90 Å². The van der Waals surface area contributed by atoms with Gasteiger partial charge in [0, 0.05) is 6.54 Å². The maximum Gasteiger partial charge on any atom is 0.146 e. The molecule has 0 aliphatic carbocycles. The fourth-order valence-electron chi connectivity index (χ4n) is 1.69. The van der Waals surface area contributed by atoms with Crippen molar-refractivity contribution in [1.29, 1.82) is 0 Å². The van der Waals surface area contributed by atoms with Crippen molar-refractivity contribution in [3.63, 3.8) is 0 Å². The van der Waals surface area contributed by atoms with E-state index in [-0.39, 0.29) is 11.5 Å². The van der Waals surface area contributed by atoms with Gasteiger partial charge in [0.15, 0.2) is 0 Å². The summed E-state index contributed by atoms with van der Waals surface area (Å²) in [5.74, 6) is -0.316. The summed E-state index contributed by atoms with van der Waals surface area (Å²) in [5.41, 5.74) is 6.89. The second-order valence-electron chi connectivity index (χ2n) is 4.03. The molecule has 0 heterocycles. The molecule has 3 heteroatoms. The minimum Gasteiger partial charge on any atom is -0.396 e. The molecule has 1 aromatic rings. The molecule has 0 bridgehead atoms. The van der Waals surface area contributed by atoms with Crippen LogP contribution in [0.3, 0.4) is 0 Å². The third-order valence-electron chi connectivity index (χ3n) is 2.81. The largest absolute Gasteiger partial charge is 0.396 e. The topological polar surface area (TPSA) is 29.3 Å². The number of benzene rings is 1. The minimum absolute atomic E-state index is 0.289. The molecule has 2 nitrogen and oxygen atoms in total. The Bertz CT molecular complexity index is 326. The SMILES string of the molecule is CCCCN(CC)Cc1cccc(F)c1N. The average molecular weight is 224 g/mol. The molecule has 1 aromatic carbocycles. The van der Waals surface area contributed by atoms with Crippen LogP contribution in [0.4, 0.5) is 10.1 Å². The van der Waals surface area contributed by atoms with Crippen LogP contribution < -0.4 is 5.73 Å². The van der Waals surface area contributed by atoms with Crippen LogP contribution in [0, 0.1) is 5.82 Å². The Hall–Kier alpha value is -1.09. The Kier molecular flexibility index (Phi) is 5.26. The van der Waals surface area contributed by atoms with Gasteiger partial charge in [-0.05, 0) is 31.1 Å². The third-order valence-corrected chi connectivity index (χ3v) is 2.81. The van der Waals surface area contributed by atoms with E-state index in [0.29, 0.717) is 0 Å². The lowest BCUT2D eigenvalue weighted by Crippen LogP contribution is -2.24. The van der Waals surface area contributed by atoms with Gasteiger partial charge in [-0.15, -0.1) is 0 Å². The molecule has 0 saturated heterocycles. The zero-order valence-electron chi connectivity index (χ0n) is 10.2. The molecule has 0 atom stereocenters. The van der Waals surface area contributed by atoms with Gasteiger partial charge in [0.25, 0.3) is 0 Å².